The number of thiazole rings is 1. The zero-order chi connectivity index (χ0) is 15.8. The number of rotatable bonds is 4. The molecular formula is C15H23N5S2. The average Bonchev–Trinajstić information content (AvgIpc) is 3.21. The van der Waals surface area contributed by atoms with E-state index in [1.165, 1.54) is 37.9 Å². The van der Waals surface area contributed by atoms with Gasteiger partial charge in [-0.25, -0.2) is 9.97 Å². The number of aryl methyl sites for hydroxylation is 1. The highest BCUT2D eigenvalue weighted by molar-refractivity contribution is 8.00. The summed E-state index contributed by atoms with van der Waals surface area (Å²) in [4.78, 5) is 10.7. The summed E-state index contributed by atoms with van der Waals surface area (Å²) in [6, 6.07) is 4.08. The normalized spacial score (nSPS) is 13.4. The fourth-order valence-electron chi connectivity index (χ4n) is 2.05. The molecule has 3 rings (SSSR count). The Balaban J connectivity index is 0.000000299. The maximum atomic E-state index is 4.53. The van der Waals surface area contributed by atoms with Gasteiger partial charge in [0.15, 0.2) is 0 Å². The van der Waals surface area contributed by atoms with E-state index >= 15 is 0 Å². The third-order valence-electron chi connectivity index (χ3n) is 3.16. The van der Waals surface area contributed by atoms with Gasteiger partial charge in [-0.15, -0.1) is 11.3 Å². The van der Waals surface area contributed by atoms with E-state index < -0.39 is 0 Å². The van der Waals surface area contributed by atoms with E-state index in [0.29, 0.717) is 0 Å². The smallest absolute Gasteiger partial charge is 0.147 e. The molecule has 2 aromatic heterocycles. The molecular weight excluding hydrogens is 314 g/mol. The Kier molecular flexibility index (Phi) is 6.95. The first-order valence-electron chi connectivity index (χ1n) is 7.33. The monoisotopic (exact) mass is 337 g/mol. The van der Waals surface area contributed by atoms with Gasteiger partial charge in [0.1, 0.15) is 10.8 Å². The Morgan fingerprint density at radius 3 is 2.55 bits per heavy atom. The van der Waals surface area contributed by atoms with Gasteiger partial charge in [-0.2, -0.15) is 0 Å². The van der Waals surface area contributed by atoms with Crippen molar-refractivity contribution in [1.82, 2.24) is 15.3 Å². The van der Waals surface area contributed by atoms with Crippen molar-refractivity contribution in [3.8, 4) is 0 Å². The second-order valence-electron chi connectivity index (χ2n) is 5.18. The summed E-state index contributed by atoms with van der Waals surface area (Å²) in [5.74, 6) is 0.871. The molecule has 5 nitrogen and oxygen atoms in total. The molecule has 0 amide bonds. The summed E-state index contributed by atoms with van der Waals surface area (Å²) in [6.45, 7) is 4.52. The Morgan fingerprint density at radius 1 is 1.27 bits per heavy atom. The summed E-state index contributed by atoms with van der Waals surface area (Å²) in [7, 11) is 4.04. The van der Waals surface area contributed by atoms with E-state index in [2.05, 4.69) is 31.0 Å². The molecule has 0 unspecified atom stereocenters. The highest BCUT2D eigenvalue weighted by Gasteiger charge is 2.04. The zero-order valence-corrected chi connectivity index (χ0v) is 14.9. The molecule has 0 aromatic carbocycles. The Labute approximate surface area is 140 Å². The predicted octanol–water partition coefficient (Wildman–Crippen LogP) is 3.40. The highest BCUT2D eigenvalue weighted by Crippen LogP contribution is 2.23. The second kappa shape index (κ2) is 8.97. The first-order valence-corrected chi connectivity index (χ1v) is 9.09. The molecule has 3 heterocycles. The Morgan fingerprint density at radius 2 is 2.05 bits per heavy atom. The number of hydrogen-bond donors (Lipinski definition) is 2. The number of nitrogens with zero attached hydrogens (tertiary/aromatic N) is 3. The van der Waals surface area contributed by atoms with E-state index in [0.717, 1.165) is 22.2 Å². The number of nitrogens with one attached hydrogen (secondary N) is 2. The van der Waals surface area contributed by atoms with E-state index in [1.54, 1.807) is 16.8 Å². The van der Waals surface area contributed by atoms with Gasteiger partial charge in [0.25, 0.3) is 0 Å². The van der Waals surface area contributed by atoms with Crippen LogP contribution in [0.2, 0.25) is 0 Å². The fraction of sp³-hybridized carbons (Fsp3) is 0.467. The van der Waals surface area contributed by atoms with Gasteiger partial charge in [0.05, 0.1) is 16.9 Å². The van der Waals surface area contributed by atoms with E-state index in [-0.39, 0.29) is 0 Å². The molecule has 7 heteroatoms. The minimum atomic E-state index is 0.871. The first kappa shape index (κ1) is 17.1. The molecule has 120 valence electrons. The SMILES string of the molecule is C1CCNC1.Cc1nc(SNc2cscn2)ccc1N(C)C. The lowest BCUT2D eigenvalue weighted by atomic mass is 10.3. The quantitative estimate of drug-likeness (QED) is 0.834. The molecule has 0 bridgehead atoms. The second-order valence-corrected chi connectivity index (χ2v) is 6.73. The fourth-order valence-corrected chi connectivity index (χ4v) is 3.25. The van der Waals surface area contributed by atoms with Gasteiger partial charge in [-0.05, 0) is 45.0 Å². The standard InChI is InChI=1S/C11H14N4S2.C4H9N/c1-8-9(15(2)3)4-5-11(13-8)17-14-10-6-16-7-12-10;1-2-4-5-3-1/h4-7,14H,1-3H3;5H,1-4H2. The van der Waals surface area contributed by atoms with Gasteiger partial charge in [0, 0.05) is 31.4 Å². The molecule has 1 saturated heterocycles. The molecule has 0 aliphatic carbocycles. The summed E-state index contributed by atoms with van der Waals surface area (Å²) in [6.07, 6.45) is 2.78. The number of aromatic nitrogens is 2. The minimum Gasteiger partial charge on any atom is -0.376 e. The van der Waals surface area contributed by atoms with Crippen LogP contribution in [0.3, 0.4) is 0 Å². The number of pyridine rings is 1. The van der Waals surface area contributed by atoms with Crippen LogP contribution in [0.25, 0.3) is 0 Å². The van der Waals surface area contributed by atoms with Crippen molar-refractivity contribution in [3.63, 3.8) is 0 Å². The van der Waals surface area contributed by atoms with Crippen molar-refractivity contribution in [2.24, 2.45) is 0 Å². The van der Waals surface area contributed by atoms with Gasteiger partial charge in [0.2, 0.25) is 0 Å². The molecule has 22 heavy (non-hydrogen) atoms. The van der Waals surface area contributed by atoms with Gasteiger partial charge < -0.3 is 14.9 Å². The van der Waals surface area contributed by atoms with Crippen LogP contribution in [0.4, 0.5) is 11.5 Å². The largest absolute Gasteiger partial charge is 0.376 e. The van der Waals surface area contributed by atoms with Crippen molar-refractivity contribution >= 4 is 34.8 Å². The van der Waals surface area contributed by atoms with Crippen molar-refractivity contribution < 1.29 is 0 Å². The Bertz CT molecular complexity index is 545. The molecule has 1 aliphatic heterocycles. The molecule has 0 radical (unpaired) electrons. The summed E-state index contributed by atoms with van der Waals surface area (Å²) in [5, 5.41) is 6.13. The van der Waals surface area contributed by atoms with Crippen molar-refractivity contribution in [2.75, 3.05) is 36.8 Å². The highest BCUT2D eigenvalue weighted by atomic mass is 32.2. The Hall–Kier alpha value is -1.31. The van der Waals surface area contributed by atoms with Crippen molar-refractivity contribution in [1.29, 1.82) is 0 Å². The summed E-state index contributed by atoms with van der Waals surface area (Å²) < 4.78 is 3.16. The minimum absolute atomic E-state index is 0.871. The molecule has 0 spiro atoms. The van der Waals surface area contributed by atoms with Gasteiger partial charge in [-0.3, -0.25) is 0 Å². The van der Waals surface area contributed by atoms with E-state index in [9.17, 15) is 0 Å². The van der Waals surface area contributed by atoms with Crippen LogP contribution in [0.5, 0.6) is 0 Å². The third-order valence-corrected chi connectivity index (χ3v) is 4.50. The van der Waals surface area contributed by atoms with Crippen LogP contribution in [-0.4, -0.2) is 37.2 Å². The van der Waals surface area contributed by atoms with Crippen LogP contribution in [0.15, 0.2) is 28.0 Å². The van der Waals surface area contributed by atoms with Crippen LogP contribution in [0.1, 0.15) is 18.5 Å². The number of anilines is 2. The molecule has 0 atom stereocenters. The van der Waals surface area contributed by atoms with Crippen molar-refractivity contribution in [3.05, 3.63) is 28.7 Å². The van der Waals surface area contributed by atoms with E-state index in [1.807, 2.05) is 32.5 Å². The topological polar surface area (TPSA) is 53.1 Å². The average molecular weight is 338 g/mol. The third kappa shape index (κ3) is 5.47. The van der Waals surface area contributed by atoms with E-state index in [4.69, 9.17) is 0 Å². The summed E-state index contributed by atoms with van der Waals surface area (Å²) >= 11 is 3.05. The maximum Gasteiger partial charge on any atom is 0.147 e. The molecule has 1 aliphatic rings. The molecule has 0 saturated carbocycles. The van der Waals surface area contributed by atoms with Gasteiger partial charge in [-0.1, -0.05) is 0 Å². The maximum absolute atomic E-state index is 4.53. The first-order chi connectivity index (χ1) is 10.7. The van der Waals surface area contributed by atoms with Crippen molar-refractivity contribution in [2.45, 2.75) is 24.8 Å². The molecule has 1 fully saturated rings. The number of hydrogen-bond acceptors (Lipinski definition) is 7. The zero-order valence-electron chi connectivity index (χ0n) is 13.3. The lowest BCUT2D eigenvalue weighted by Gasteiger charge is -2.15. The van der Waals surface area contributed by atoms with Crippen LogP contribution in [0, 0.1) is 6.92 Å². The predicted molar refractivity (Wildman–Crippen MR) is 97.0 cm³/mol. The lowest BCUT2D eigenvalue weighted by molar-refractivity contribution is 0.857. The van der Waals surface area contributed by atoms with Crippen LogP contribution < -0.4 is 14.9 Å². The van der Waals surface area contributed by atoms with Gasteiger partial charge >= 0.3 is 0 Å². The summed E-state index contributed by atoms with van der Waals surface area (Å²) in [5.41, 5.74) is 3.97. The molecule has 2 N–H and O–H groups in total. The molecule has 2 aromatic rings. The van der Waals surface area contributed by atoms with Crippen LogP contribution >= 0.6 is 23.3 Å². The lowest BCUT2D eigenvalue weighted by Crippen LogP contribution is -2.11. The van der Waals surface area contributed by atoms with Crippen LogP contribution in [-0.2, 0) is 0 Å².